The summed E-state index contributed by atoms with van der Waals surface area (Å²) < 4.78 is 9.56. The molecule has 2 nitrogen and oxygen atoms in total. The minimum absolute atomic E-state index is 0. The van der Waals surface area contributed by atoms with Gasteiger partial charge >= 0.3 is 0 Å². The molecule has 0 aromatic carbocycles. The lowest BCUT2D eigenvalue weighted by Crippen LogP contribution is -2.26. The summed E-state index contributed by atoms with van der Waals surface area (Å²) in [5, 5.41) is 0. The standard InChI is InChI=1S/C4H11N.C2H6OS/c1-4(2,3)5;1-4(2)3/h5H2,1-3H3;1-2H3. The number of hydrogen-bond donors (Lipinski definition) is 1. The summed E-state index contributed by atoms with van der Waals surface area (Å²) in [4.78, 5) is 0. The van der Waals surface area contributed by atoms with Crippen molar-refractivity contribution in [2.45, 2.75) is 26.3 Å². The fourth-order valence-corrected chi connectivity index (χ4v) is 0. The Morgan fingerprint density at radius 3 is 1.22 bits per heavy atom. The van der Waals surface area contributed by atoms with Gasteiger partial charge < -0.3 is 5.73 Å². The van der Waals surface area contributed by atoms with Crippen molar-refractivity contribution in [3.05, 3.63) is 0 Å². The second kappa shape index (κ2) is 4.94. The first-order chi connectivity index (χ1) is 3.73. The molecule has 0 aromatic heterocycles. The van der Waals surface area contributed by atoms with Gasteiger partial charge in [0.15, 0.2) is 0 Å². The van der Waals surface area contributed by atoms with Crippen molar-refractivity contribution in [3.63, 3.8) is 0 Å². The van der Waals surface area contributed by atoms with Crippen molar-refractivity contribution >= 4 is 10.8 Å². The van der Waals surface area contributed by atoms with Crippen molar-refractivity contribution in [1.29, 1.82) is 0 Å². The molecule has 0 aliphatic heterocycles. The van der Waals surface area contributed by atoms with Crippen LogP contribution in [-0.4, -0.2) is 22.3 Å². The maximum absolute atomic E-state index is 9.56. The van der Waals surface area contributed by atoms with Gasteiger partial charge in [-0.25, -0.2) is 0 Å². The van der Waals surface area contributed by atoms with Crippen LogP contribution >= 0.6 is 0 Å². The van der Waals surface area contributed by atoms with Gasteiger partial charge in [0.1, 0.15) is 0 Å². The summed E-state index contributed by atoms with van der Waals surface area (Å²) in [6, 6.07) is 0. The predicted octanol–water partition coefficient (Wildman–Crippen LogP) is 0.738. The van der Waals surface area contributed by atoms with E-state index in [1.165, 1.54) is 0 Å². The third-order valence-electron chi connectivity index (χ3n) is 0. The first kappa shape index (κ1) is 11.9. The largest absolute Gasteiger partial charge is 0.326 e. The zero-order valence-corrected chi connectivity index (χ0v) is 7.71. The van der Waals surface area contributed by atoms with Crippen LogP contribution in [0.3, 0.4) is 0 Å². The molecule has 0 aromatic rings. The minimum Gasteiger partial charge on any atom is -0.326 e. The van der Waals surface area contributed by atoms with Gasteiger partial charge in [-0.3, -0.25) is 4.21 Å². The molecule has 0 fully saturated rings. The SMILES string of the molecule is CC(C)(C)N.CS(C)=O. The topological polar surface area (TPSA) is 43.1 Å². The second-order valence-electron chi connectivity index (χ2n) is 3.11. The third kappa shape index (κ3) is 25000. The van der Waals surface area contributed by atoms with Crippen molar-refractivity contribution in [2.24, 2.45) is 5.73 Å². The fourth-order valence-electron chi connectivity index (χ4n) is 0. The average molecular weight is 151 g/mol. The van der Waals surface area contributed by atoms with E-state index in [4.69, 9.17) is 5.73 Å². The van der Waals surface area contributed by atoms with Gasteiger partial charge in [-0.05, 0) is 20.8 Å². The number of hydrogen-bond acceptors (Lipinski definition) is 2. The summed E-state index contributed by atoms with van der Waals surface area (Å²) in [6.45, 7) is 5.90. The van der Waals surface area contributed by atoms with Crippen molar-refractivity contribution in [2.75, 3.05) is 12.5 Å². The third-order valence-corrected chi connectivity index (χ3v) is 0. The van der Waals surface area contributed by atoms with Crippen molar-refractivity contribution < 1.29 is 4.21 Å². The van der Waals surface area contributed by atoms with E-state index < -0.39 is 10.8 Å². The molecule has 2 N–H and O–H groups in total. The zero-order chi connectivity index (χ0) is 8.08. The van der Waals surface area contributed by atoms with E-state index in [9.17, 15) is 4.21 Å². The van der Waals surface area contributed by atoms with E-state index in [1.54, 1.807) is 12.5 Å². The molecule has 0 bridgehead atoms. The lowest BCUT2D eigenvalue weighted by atomic mass is 10.1. The first-order valence-electron chi connectivity index (χ1n) is 2.77. The molecule has 0 aliphatic carbocycles. The molecule has 0 aliphatic rings. The Hall–Kier alpha value is 0.110. The van der Waals surface area contributed by atoms with Gasteiger partial charge in [0, 0.05) is 28.9 Å². The predicted molar refractivity (Wildman–Crippen MR) is 43.9 cm³/mol. The Morgan fingerprint density at radius 2 is 1.22 bits per heavy atom. The van der Waals surface area contributed by atoms with Crippen LogP contribution in [0, 0.1) is 0 Å². The molecular weight excluding hydrogens is 134 g/mol. The first-order valence-corrected chi connectivity index (χ1v) is 4.74. The average Bonchev–Trinajstić information content (AvgIpc) is 1.19. The molecule has 58 valence electrons. The van der Waals surface area contributed by atoms with Gasteiger partial charge in [0.25, 0.3) is 0 Å². The van der Waals surface area contributed by atoms with E-state index in [0.717, 1.165) is 0 Å². The van der Waals surface area contributed by atoms with Crippen LogP contribution in [0.15, 0.2) is 0 Å². The Balaban J connectivity index is 0. The van der Waals surface area contributed by atoms with Crippen LogP contribution < -0.4 is 5.73 Å². The molecule has 0 radical (unpaired) electrons. The van der Waals surface area contributed by atoms with E-state index in [2.05, 4.69) is 0 Å². The summed E-state index contributed by atoms with van der Waals surface area (Å²) in [5.41, 5.74) is 5.35. The highest BCUT2D eigenvalue weighted by Crippen LogP contribution is 1.88. The lowest BCUT2D eigenvalue weighted by molar-refractivity contribution is 0.580. The highest BCUT2D eigenvalue weighted by Gasteiger charge is 1.95. The van der Waals surface area contributed by atoms with Crippen LogP contribution in [0.5, 0.6) is 0 Å². The normalized spacial score (nSPS) is 10.6. The van der Waals surface area contributed by atoms with Crippen LogP contribution in [0.25, 0.3) is 0 Å². The van der Waals surface area contributed by atoms with Crippen molar-refractivity contribution in [1.82, 2.24) is 0 Å². The molecule has 0 atom stereocenters. The Bertz CT molecular complexity index is 75.5. The minimum atomic E-state index is -0.611. The highest BCUT2D eigenvalue weighted by molar-refractivity contribution is 7.83. The van der Waals surface area contributed by atoms with E-state index in [1.807, 2.05) is 20.8 Å². The monoisotopic (exact) mass is 151 g/mol. The summed E-state index contributed by atoms with van der Waals surface area (Å²) >= 11 is 0. The van der Waals surface area contributed by atoms with Gasteiger partial charge in [-0.15, -0.1) is 0 Å². The van der Waals surface area contributed by atoms with Crippen LogP contribution in [0.2, 0.25) is 0 Å². The van der Waals surface area contributed by atoms with Gasteiger partial charge in [0.05, 0.1) is 0 Å². The Labute approximate surface area is 60.3 Å². The molecule has 0 unspecified atom stereocenters. The number of rotatable bonds is 0. The summed E-state index contributed by atoms with van der Waals surface area (Å²) in [5.74, 6) is 0. The highest BCUT2D eigenvalue weighted by atomic mass is 32.2. The summed E-state index contributed by atoms with van der Waals surface area (Å²) in [6.07, 6.45) is 3.28. The quantitative estimate of drug-likeness (QED) is 0.555. The molecule has 0 rings (SSSR count). The number of nitrogens with two attached hydrogens (primary N) is 1. The summed E-state index contributed by atoms with van der Waals surface area (Å²) in [7, 11) is -0.611. The Morgan fingerprint density at radius 1 is 1.22 bits per heavy atom. The molecule has 9 heavy (non-hydrogen) atoms. The van der Waals surface area contributed by atoms with E-state index in [-0.39, 0.29) is 5.54 Å². The van der Waals surface area contributed by atoms with Gasteiger partial charge in [-0.1, -0.05) is 0 Å². The maximum Gasteiger partial charge on any atom is 0.0148 e. The smallest absolute Gasteiger partial charge is 0.0148 e. The molecule has 0 amide bonds. The molecule has 0 spiro atoms. The molecule has 3 heteroatoms. The molecule has 0 saturated carbocycles. The maximum atomic E-state index is 9.56. The van der Waals surface area contributed by atoms with Gasteiger partial charge in [-0.2, -0.15) is 0 Å². The van der Waals surface area contributed by atoms with E-state index in [0.29, 0.717) is 0 Å². The Kier molecular flexibility index (Phi) is 6.51. The zero-order valence-electron chi connectivity index (χ0n) is 6.89. The molecule has 0 heterocycles. The van der Waals surface area contributed by atoms with Crippen LogP contribution in [-0.2, 0) is 10.8 Å². The van der Waals surface area contributed by atoms with E-state index >= 15 is 0 Å². The van der Waals surface area contributed by atoms with Gasteiger partial charge in [0.2, 0.25) is 0 Å². The molecular formula is C6H17NOS. The van der Waals surface area contributed by atoms with Crippen LogP contribution in [0.1, 0.15) is 20.8 Å². The lowest BCUT2D eigenvalue weighted by Gasteiger charge is -2.06. The second-order valence-corrected chi connectivity index (χ2v) is 4.59. The fraction of sp³-hybridized carbons (Fsp3) is 1.00. The van der Waals surface area contributed by atoms with Crippen molar-refractivity contribution in [3.8, 4) is 0 Å². The molecule has 0 saturated heterocycles. The van der Waals surface area contributed by atoms with Crippen LogP contribution in [0.4, 0.5) is 0 Å².